The van der Waals surface area contributed by atoms with Gasteiger partial charge in [-0.1, -0.05) is 6.92 Å². The van der Waals surface area contributed by atoms with Crippen molar-refractivity contribution in [1.82, 2.24) is 0 Å². The normalized spacial score (nSPS) is 26.4. The Labute approximate surface area is 144 Å². The SMILES string of the molecule is CCSCC(CSCC1CS1)SCCSCC1CS1. The van der Waals surface area contributed by atoms with Gasteiger partial charge in [0.1, 0.15) is 0 Å². The van der Waals surface area contributed by atoms with Crippen LogP contribution in [0.5, 0.6) is 0 Å². The Hall–Kier alpha value is 2.10. The van der Waals surface area contributed by atoms with E-state index in [4.69, 9.17) is 0 Å². The first kappa shape index (κ1) is 17.5. The Morgan fingerprint density at radius 3 is 2.21 bits per heavy atom. The van der Waals surface area contributed by atoms with E-state index < -0.39 is 0 Å². The van der Waals surface area contributed by atoms with Gasteiger partial charge in [-0.15, -0.1) is 0 Å². The molecule has 2 saturated heterocycles. The molecule has 2 aliphatic heterocycles. The molecule has 2 fully saturated rings. The van der Waals surface area contributed by atoms with Gasteiger partial charge >= 0.3 is 0 Å². The molecule has 112 valence electrons. The van der Waals surface area contributed by atoms with Crippen molar-refractivity contribution in [2.24, 2.45) is 0 Å². The van der Waals surface area contributed by atoms with Crippen molar-refractivity contribution in [3.05, 3.63) is 0 Å². The highest BCUT2D eigenvalue weighted by atomic mass is 32.2. The minimum Gasteiger partial charge on any atom is -0.161 e. The Bertz CT molecular complexity index is 229. The molecule has 0 saturated carbocycles. The summed E-state index contributed by atoms with van der Waals surface area (Å²) in [6.45, 7) is 2.28. The number of rotatable bonds is 13. The van der Waals surface area contributed by atoms with Crippen molar-refractivity contribution in [2.45, 2.75) is 22.7 Å². The van der Waals surface area contributed by atoms with Gasteiger partial charge in [0.05, 0.1) is 0 Å². The fourth-order valence-electron chi connectivity index (χ4n) is 1.54. The van der Waals surface area contributed by atoms with E-state index >= 15 is 0 Å². The van der Waals surface area contributed by atoms with E-state index in [0.29, 0.717) is 0 Å². The van der Waals surface area contributed by atoms with Gasteiger partial charge in [-0.3, -0.25) is 0 Å². The summed E-state index contributed by atoms with van der Waals surface area (Å²) < 4.78 is 0. The topological polar surface area (TPSA) is 0 Å². The molecule has 0 aromatic rings. The molecule has 3 atom stereocenters. The summed E-state index contributed by atoms with van der Waals surface area (Å²) in [6, 6.07) is 0. The first-order chi connectivity index (χ1) is 9.38. The van der Waals surface area contributed by atoms with Crippen LogP contribution in [-0.4, -0.2) is 67.5 Å². The summed E-state index contributed by atoms with van der Waals surface area (Å²) in [4.78, 5) is 0. The van der Waals surface area contributed by atoms with Crippen molar-refractivity contribution < 1.29 is 0 Å². The van der Waals surface area contributed by atoms with Gasteiger partial charge in [0, 0.05) is 61.8 Å². The third kappa shape index (κ3) is 9.67. The van der Waals surface area contributed by atoms with Crippen molar-refractivity contribution >= 4 is 70.6 Å². The molecule has 0 radical (unpaired) electrons. The number of hydrogen-bond donors (Lipinski definition) is 0. The fourth-order valence-corrected chi connectivity index (χ4v) is 8.44. The Morgan fingerprint density at radius 1 is 0.947 bits per heavy atom. The molecule has 19 heavy (non-hydrogen) atoms. The highest BCUT2D eigenvalue weighted by molar-refractivity contribution is 8.10. The summed E-state index contributed by atoms with van der Waals surface area (Å²) in [5, 5.41) is 2.89. The summed E-state index contributed by atoms with van der Waals surface area (Å²) >= 11 is 13.0. The second kappa shape index (κ2) is 10.8. The van der Waals surface area contributed by atoms with E-state index in [-0.39, 0.29) is 0 Å². The lowest BCUT2D eigenvalue weighted by atomic mass is 10.5. The number of thioether (sulfide) groups is 6. The smallest absolute Gasteiger partial charge is 0.0229 e. The molecule has 0 nitrogen and oxygen atoms in total. The monoisotopic (exact) mass is 372 g/mol. The van der Waals surface area contributed by atoms with E-state index in [2.05, 4.69) is 77.5 Å². The van der Waals surface area contributed by atoms with Gasteiger partial charge in [0.15, 0.2) is 0 Å². The fraction of sp³-hybridized carbons (Fsp3) is 1.00. The molecule has 6 heteroatoms. The molecule has 0 aromatic carbocycles. The third-order valence-corrected chi connectivity index (χ3v) is 10.5. The van der Waals surface area contributed by atoms with E-state index in [1.54, 1.807) is 0 Å². The lowest BCUT2D eigenvalue weighted by Crippen LogP contribution is -2.12. The van der Waals surface area contributed by atoms with Gasteiger partial charge in [-0.05, 0) is 5.75 Å². The maximum absolute atomic E-state index is 2.28. The van der Waals surface area contributed by atoms with Crippen molar-refractivity contribution in [1.29, 1.82) is 0 Å². The van der Waals surface area contributed by atoms with Gasteiger partial charge in [-0.25, -0.2) is 0 Å². The summed E-state index contributed by atoms with van der Waals surface area (Å²) in [5.74, 6) is 12.4. The Morgan fingerprint density at radius 2 is 1.58 bits per heavy atom. The summed E-state index contributed by atoms with van der Waals surface area (Å²) in [6.07, 6.45) is 0. The summed E-state index contributed by atoms with van der Waals surface area (Å²) in [7, 11) is 0. The lowest BCUT2D eigenvalue weighted by Gasteiger charge is -2.15. The van der Waals surface area contributed by atoms with E-state index in [9.17, 15) is 0 Å². The van der Waals surface area contributed by atoms with Crippen molar-refractivity contribution in [3.63, 3.8) is 0 Å². The molecule has 0 N–H and O–H groups in total. The van der Waals surface area contributed by atoms with Gasteiger partial charge in [0.25, 0.3) is 0 Å². The largest absolute Gasteiger partial charge is 0.161 e. The van der Waals surface area contributed by atoms with E-state index in [1.165, 1.54) is 51.8 Å². The van der Waals surface area contributed by atoms with Crippen LogP contribution < -0.4 is 0 Å². The minimum absolute atomic E-state index is 0.884. The van der Waals surface area contributed by atoms with Crippen LogP contribution in [0.25, 0.3) is 0 Å². The van der Waals surface area contributed by atoms with Crippen LogP contribution in [0.4, 0.5) is 0 Å². The van der Waals surface area contributed by atoms with Gasteiger partial charge < -0.3 is 0 Å². The van der Waals surface area contributed by atoms with Crippen LogP contribution in [0, 0.1) is 0 Å². The average molecular weight is 373 g/mol. The molecule has 2 rings (SSSR count). The zero-order valence-electron chi connectivity index (χ0n) is 11.5. The van der Waals surface area contributed by atoms with E-state index in [1.807, 2.05) is 0 Å². The van der Waals surface area contributed by atoms with Gasteiger partial charge in [-0.2, -0.15) is 70.6 Å². The van der Waals surface area contributed by atoms with Crippen molar-refractivity contribution in [3.8, 4) is 0 Å². The zero-order valence-corrected chi connectivity index (χ0v) is 16.4. The average Bonchev–Trinajstić information content (AvgIpc) is 3.27. The molecule has 0 aliphatic carbocycles. The molecule has 0 aromatic heterocycles. The van der Waals surface area contributed by atoms with Crippen LogP contribution in [0.3, 0.4) is 0 Å². The molecule has 0 amide bonds. The predicted molar refractivity (Wildman–Crippen MR) is 106 cm³/mol. The lowest BCUT2D eigenvalue weighted by molar-refractivity contribution is 1.14. The van der Waals surface area contributed by atoms with Crippen LogP contribution in [-0.2, 0) is 0 Å². The van der Waals surface area contributed by atoms with Gasteiger partial charge in [0.2, 0.25) is 0 Å². The van der Waals surface area contributed by atoms with Crippen LogP contribution >= 0.6 is 70.6 Å². The second-order valence-electron chi connectivity index (χ2n) is 4.68. The minimum atomic E-state index is 0.884. The third-order valence-electron chi connectivity index (χ3n) is 2.81. The Balaban J connectivity index is 1.46. The maximum atomic E-state index is 2.28. The maximum Gasteiger partial charge on any atom is 0.0229 e. The Kier molecular flexibility index (Phi) is 9.89. The summed E-state index contributed by atoms with van der Waals surface area (Å²) in [5.41, 5.74) is 0. The number of hydrogen-bond acceptors (Lipinski definition) is 6. The molecule has 3 unspecified atom stereocenters. The predicted octanol–water partition coefficient (Wildman–Crippen LogP) is 4.54. The first-order valence-corrected chi connectivity index (χ1v) is 13.6. The van der Waals surface area contributed by atoms with E-state index in [0.717, 1.165) is 15.7 Å². The first-order valence-electron chi connectivity index (χ1n) is 6.96. The second-order valence-corrected chi connectivity index (χ2v) is 12.3. The van der Waals surface area contributed by atoms with Crippen molar-refractivity contribution in [2.75, 3.05) is 51.8 Å². The zero-order chi connectivity index (χ0) is 13.3. The highest BCUT2D eigenvalue weighted by Crippen LogP contribution is 2.34. The van der Waals surface area contributed by atoms with Crippen LogP contribution in [0.15, 0.2) is 0 Å². The molecule has 0 spiro atoms. The van der Waals surface area contributed by atoms with Crippen LogP contribution in [0.2, 0.25) is 0 Å². The van der Waals surface area contributed by atoms with Crippen LogP contribution in [0.1, 0.15) is 6.92 Å². The standard InChI is InChI=1S/C13H24S6/c1-2-14-5-11(7-16-8-13-10-19-13)17-4-3-15-6-12-9-18-12/h11-13H,2-10H2,1H3. The highest BCUT2D eigenvalue weighted by Gasteiger charge is 2.23. The molecular weight excluding hydrogens is 349 g/mol. The quantitative estimate of drug-likeness (QED) is 0.341. The molecule has 2 heterocycles. The molecule has 2 aliphatic rings. The molecular formula is C13H24S6. The molecule has 0 bridgehead atoms.